The molecule has 0 saturated carbocycles. The molecule has 0 unspecified atom stereocenters. The van der Waals surface area contributed by atoms with Gasteiger partial charge in [-0.2, -0.15) is 0 Å². The zero-order valence-corrected chi connectivity index (χ0v) is 8.45. The van der Waals surface area contributed by atoms with E-state index in [1.807, 2.05) is 26.0 Å². The first kappa shape index (κ1) is 10.5. The maximum absolute atomic E-state index is 11.3. The summed E-state index contributed by atoms with van der Waals surface area (Å²) in [5.41, 5.74) is 9.96. The van der Waals surface area contributed by atoms with Crippen LogP contribution in [0.4, 0.5) is 0 Å². The van der Waals surface area contributed by atoms with Crippen LogP contribution in [-0.4, -0.2) is 17.1 Å². The molecule has 1 aromatic heterocycles. The van der Waals surface area contributed by atoms with E-state index in [1.54, 1.807) is 10.8 Å². The van der Waals surface area contributed by atoms with Crippen molar-refractivity contribution in [1.82, 2.24) is 4.68 Å². The Kier molecular flexibility index (Phi) is 3.48. The quantitative estimate of drug-likeness (QED) is 0.694. The number of carbonyl (C=O) groups excluding carboxylic acids is 1. The maximum Gasteiger partial charge on any atom is 0.262 e. The van der Waals surface area contributed by atoms with Crippen LogP contribution in [0.1, 0.15) is 11.4 Å². The molecule has 0 fully saturated rings. The lowest BCUT2D eigenvalue weighted by Crippen LogP contribution is -2.22. The van der Waals surface area contributed by atoms with Gasteiger partial charge in [-0.1, -0.05) is 6.08 Å². The van der Waals surface area contributed by atoms with Crippen molar-refractivity contribution in [3.8, 4) is 0 Å². The third-order valence-corrected chi connectivity index (χ3v) is 1.90. The van der Waals surface area contributed by atoms with Crippen molar-refractivity contribution in [1.29, 1.82) is 0 Å². The Hall–Kier alpha value is -1.55. The number of nitrogens with two attached hydrogens (primary N) is 1. The normalized spacial score (nSPS) is 10.8. The van der Waals surface area contributed by atoms with E-state index in [1.165, 1.54) is 6.08 Å². The Labute approximate surface area is 83.4 Å². The Morgan fingerprint density at radius 3 is 2.57 bits per heavy atom. The van der Waals surface area contributed by atoms with E-state index >= 15 is 0 Å². The molecular weight excluding hydrogens is 178 g/mol. The number of nitrogens with zero attached hydrogens (tertiary/aromatic N) is 1. The van der Waals surface area contributed by atoms with Gasteiger partial charge in [-0.05, 0) is 26.0 Å². The summed E-state index contributed by atoms with van der Waals surface area (Å²) in [6, 6.07) is 3.89. The summed E-state index contributed by atoms with van der Waals surface area (Å²) < 4.78 is 1.74. The second-order valence-corrected chi connectivity index (χ2v) is 3.07. The Bertz CT molecular complexity index is 333. The van der Waals surface area contributed by atoms with E-state index in [0.717, 1.165) is 11.4 Å². The molecule has 0 bridgehead atoms. The molecule has 1 aromatic rings. The first-order valence-corrected chi connectivity index (χ1v) is 4.47. The van der Waals surface area contributed by atoms with Gasteiger partial charge >= 0.3 is 0 Å². The van der Waals surface area contributed by atoms with Gasteiger partial charge in [0.15, 0.2) is 0 Å². The molecule has 3 N–H and O–H groups in total. The molecule has 0 aliphatic heterocycles. The van der Waals surface area contributed by atoms with Crippen molar-refractivity contribution in [3.63, 3.8) is 0 Å². The smallest absolute Gasteiger partial charge is 0.262 e. The number of rotatable bonds is 3. The van der Waals surface area contributed by atoms with Crippen molar-refractivity contribution in [2.45, 2.75) is 13.8 Å². The molecule has 1 heterocycles. The van der Waals surface area contributed by atoms with Crippen LogP contribution < -0.4 is 11.2 Å². The van der Waals surface area contributed by atoms with Gasteiger partial charge in [0.2, 0.25) is 0 Å². The van der Waals surface area contributed by atoms with Crippen LogP contribution in [0.3, 0.4) is 0 Å². The molecular formula is C10H15N3O. The van der Waals surface area contributed by atoms with Crippen LogP contribution in [-0.2, 0) is 4.79 Å². The molecule has 1 amide bonds. The summed E-state index contributed by atoms with van der Waals surface area (Å²) in [6.45, 7) is 4.23. The number of amides is 1. The highest BCUT2D eigenvalue weighted by Gasteiger charge is 2.02. The molecule has 0 spiro atoms. The van der Waals surface area contributed by atoms with Gasteiger partial charge in [-0.25, -0.2) is 0 Å². The van der Waals surface area contributed by atoms with E-state index in [2.05, 4.69) is 5.43 Å². The fraction of sp³-hybridized carbons (Fsp3) is 0.300. The molecule has 76 valence electrons. The average Bonchev–Trinajstić information content (AvgIpc) is 2.46. The maximum atomic E-state index is 11.3. The Morgan fingerprint density at radius 1 is 1.50 bits per heavy atom. The molecule has 0 aromatic carbocycles. The summed E-state index contributed by atoms with van der Waals surface area (Å²) in [6.07, 6.45) is 3.04. The summed E-state index contributed by atoms with van der Waals surface area (Å²) in [5.74, 6) is -0.169. The van der Waals surface area contributed by atoms with Crippen LogP contribution in [0, 0.1) is 13.8 Å². The first-order valence-electron chi connectivity index (χ1n) is 4.47. The fourth-order valence-corrected chi connectivity index (χ4v) is 1.17. The first-order chi connectivity index (χ1) is 6.65. The predicted molar refractivity (Wildman–Crippen MR) is 56.5 cm³/mol. The van der Waals surface area contributed by atoms with Crippen LogP contribution in [0.5, 0.6) is 0 Å². The fourth-order valence-electron chi connectivity index (χ4n) is 1.17. The number of hydrogen-bond acceptors (Lipinski definition) is 2. The Balaban J connectivity index is 2.69. The minimum absolute atomic E-state index is 0.169. The molecule has 4 heteroatoms. The van der Waals surface area contributed by atoms with E-state index < -0.39 is 0 Å². The summed E-state index contributed by atoms with van der Waals surface area (Å²) in [4.78, 5) is 11.3. The monoisotopic (exact) mass is 193 g/mol. The van der Waals surface area contributed by atoms with Crippen LogP contribution in [0.15, 0.2) is 24.3 Å². The highest BCUT2D eigenvalue weighted by molar-refractivity contribution is 5.94. The number of aromatic nitrogens is 1. The summed E-state index contributed by atoms with van der Waals surface area (Å²) in [5, 5.41) is 0. The minimum Gasteiger partial charge on any atom is -0.327 e. The van der Waals surface area contributed by atoms with Gasteiger partial charge in [-0.15, -0.1) is 0 Å². The van der Waals surface area contributed by atoms with Crippen molar-refractivity contribution in [3.05, 3.63) is 35.7 Å². The SMILES string of the molecule is Cc1ccc(C)n1NC(=O)/C=C/CN. The second kappa shape index (κ2) is 4.62. The van der Waals surface area contributed by atoms with Crippen LogP contribution in [0.2, 0.25) is 0 Å². The van der Waals surface area contributed by atoms with Gasteiger partial charge in [0.05, 0.1) is 0 Å². The second-order valence-electron chi connectivity index (χ2n) is 3.07. The number of aryl methyl sites for hydroxylation is 2. The lowest BCUT2D eigenvalue weighted by atomic mass is 10.5. The van der Waals surface area contributed by atoms with E-state index in [4.69, 9.17) is 5.73 Å². The molecule has 0 radical (unpaired) electrons. The molecule has 1 rings (SSSR count). The Morgan fingerprint density at radius 2 is 2.07 bits per heavy atom. The lowest BCUT2D eigenvalue weighted by molar-refractivity contribution is -0.112. The largest absolute Gasteiger partial charge is 0.327 e. The van der Waals surface area contributed by atoms with Gasteiger partial charge in [-0.3, -0.25) is 14.9 Å². The standard InChI is InChI=1S/C10H15N3O/c1-8-5-6-9(2)13(8)12-10(14)4-3-7-11/h3-6H,7,11H2,1-2H3,(H,12,14)/b4-3+. The highest BCUT2D eigenvalue weighted by Crippen LogP contribution is 2.03. The van der Waals surface area contributed by atoms with Crippen molar-refractivity contribution < 1.29 is 4.79 Å². The zero-order valence-electron chi connectivity index (χ0n) is 8.45. The van der Waals surface area contributed by atoms with E-state index in [0.29, 0.717) is 6.54 Å². The van der Waals surface area contributed by atoms with Crippen LogP contribution >= 0.6 is 0 Å². The predicted octanol–water partition coefficient (Wildman–Crippen LogP) is 0.690. The van der Waals surface area contributed by atoms with Gasteiger partial charge in [0.25, 0.3) is 5.91 Å². The number of hydrogen-bond donors (Lipinski definition) is 2. The minimum atomic E-state index is -0.169. The molecule has 0 saturated heterocycles. The van der Waals surface area contributed by atoms with Crippen molar-refractivity contribution in [2.24, 2.45) is 5.73 Å². The molecule has 0 aliphatic carbocycles. The summed E-state index contributed by atoms with van der Waals surface area (Å²) in [7, 11) is 0. The zero-order chi connectivity index (χ0) is 10.6. The summed E-state index contributed by atoms with van der Waals surface area (Å²) >= 11 is 0. The topological polar surface area (TPSA) is 60.0 Å². The van der Waals surface area contributed by atoms with Gasteiger partial charge in [0, 0.05) is 24.0 Å². The third kappa shape index (κ3) is 2.47. The van der Waals surface area contributed by atoms with E-state index in [9.17, 15) is 4.79 Å². The van der Waals surface area contributed by atoms with Gasteiger partial charge in [0.1, 0.15) is 0 Å². The molecule has 0 atom stereocenters. The van der Waals surface area contributed by atoms with Crippen molar-refractivity contribution >= 4 is 5.91 Å². The molecule has 4 nitrogen and oxygen atoms in total. The molecule has 0 aliphatic rings. The highest BCUT2D eigenvalue weighted by atomic mass is 16.2. The molecule has 14 heavy (non-hydrogen) atoms. The average molecular weight is 193 g/mol. The number of carbonyl (C=O) groups is 1. The third-order valence-electron chi connectivity index (χ3n) is 1.90. The van der Waals surface area contributed by atoms with Crippen LogP contribution in [0.25, 0.3) is 0 Å². The van der Waals surface area contributed by atoms with Crippen molar-refractivity contribution in [2.75, 3.05) is 12.0 Å². The van der Waals surface area contributed by atoms with E-state index in [-0.39, 0.29) is 5.91 Å². The van der Waals surface area contributed by atoms with Gasteiger partial charge < -0.3 is 5.73 Å². The lowest BCUT2D eigenvalue weighted by Gasteiger charge is -2.08. The number of nitrogens with one attached hydrogen (secondary N) is 1.